The van der Waals surface area contributed by atoms with Crippen molar-refractivity contribution in [1.82, 2.24) is 10.3 Å². The number of hydrogen-bond donors (Lipinski definition) is 1. The molecule has 2 heterocycles. The predicted octanol–water partition coefficient (Wildman–Crippen LogP) is 4.11. The molecule has 1 unspecified atom stereocenters. The van der Waals surface area contributed by atoms with Crippen molar-refractivity contribution in [1.29, 1.82) is 0 Å². The van der Waals surface area contributed by atoms with E-state index in [1.807, 2.05) is 17.6 Å². The van der Waals surface area contributed by atoms with E-state index in [1.165, 1.54) is 0 Å². The Kier molecular flexibility index (Phi) is 4.46. The van der Waals surface area contributed by atoms with Gasteiger partial charge in [0.15, 0.2) is 0 Å². The van der Waals surface area contributed by atoms with E-state index in [2.05, 4.69) is 10.3 Å². The summed E-state index contributed by atoms with van der Waals surface area (Å²) in [6.45, 7) is 1.55. The summed E-state index contributed by atoms with van der Waals surface area (Å²) in [7, 11) is 0. The molecule has 2 aromatic rings. The van der Waals surface area contributed by atoms with Gasteiger partial charge >= 0.3 is 0 Å². The highest BCUT2D eigenvalue weighted by molar-refractivity contribution is 7.09. The highest BCUT2D eigenvalue weighted by Gasteiger charge is 2.23. The minimum atomic E-state index is 0.231. The molecule has 1 atom stereocenters. The van der Waals surface area contributed by atoms with Crippen LogP contribution in [-0.4, -0.2) is 18.1 Å². The second-order valence-corrected chi connectivity index (χ2v) is 6.45. The average molecular weight is 329 g/mol. The Labute approximate surface area is 131 Å². The van der Waals surface area contributed by atoms with Crippen LogP contribution in [0.2, 0.25) is 10.0 Å². The molecule has 0 bridgehead atoms. The summed E-state index contributed by atoms with van der Waals surface area (Å²) in [6, 6.07) is 3.89. The number of rotatable bonds is 4. The fourth-order valence-corrected chi connectivity index (χ4v) is 3.55. The van der Waals surface area contributed by atoms with Gasteiger partial charge in [-0.1, -0.05) is 23.2 Å². The molecule has 1 aromatic heterocycles. The van der Waals surface area contributed by atoms with Crippen LogP contribution in [-0.2, 0) is 6.42 Å². The SMILES string of the molecule is Clc1cc(Cl)c2c(c1)C(NCCc1nccs1)CCO2. The van der Waals surface area contributed by atoms with Crippen LogP contribution in [0.25, 0.3) is 0 Å². The van der Waals surface area contributed by atoms with Crippen molar-refractivity contribution in [3.05, 3.63) is 44.3 Å². The molecular weight excluding hydrogens is 315 g/mol. The molecule has 1 aromatic carbocycles. The topological polar surface area (TPSA) is 34.2 Å². The van der Waals surface area contributed by atoms with Crippen molar-refractivity contribution < 1.29 is 4.74 Å². The van der Waals surface area contributed by atoms with Gasteiger partial charge in [0.2, 0.25) is 0 Å². The number of ether oxygens (including phenoxy) is 1. The lowest BCUT2D eigenvalue weighted by atomic mass is 10.0. The van der Waals surface area contributed by atoms with Crippen molar-refractivity contribution in [3.63, 3.8) is 0 Å². The van der Waals surface area contributed by atoms with Crippen LogP contribution in [0.5, 0.6) is 5.75 Å². The first-order chi connectivity index (χ1) is 9.74. The fraction of sp³-hybridized carbons (Fsp3) is 0.357. The highest BCUT2D eigenvalue weighted by Crippen LogP contribution is 2.39. The lowest BCUT2D eigenvalue weighted by Gasteiger charge is -2.27. The highest BCUT2D eigenvalue weighted by atomic mass is 35.5. The predicted molar refractivity (Wildman–Crippen MR) is 83.1 cm³/mol. The summed E-state index contributed by atoms with van der Waals surface area (Å²) in [4.78, 5) is 4.28. The molecule has 0 saturated carbocycles. The van der Waals surface area contributed by atoms with Crippen LogP contribution in [0.1, 0.15) is 23.0 Å². The molecule has 0 aliphatic carbocycles. The van der Waals surface area contributed by atoms with Gasteiger partial charge in [-0.2, -0.15) is 0 Å². The van der Waals surface area contributed by atoms with E-state index in [4.69, 9.17) is 27.9 Å². The van der Waals surface area contributed by atoms with Gasteiger partial charge in [0.25, 0.3) is 0 Å². The summed E-state index contributed by atoms with van der Waals surface area (Å²) < 4.78 is 5.65. The molecule has 20 heavy (non-hydrogen) atoms. The maximum atomic E-state index is 6.18. The zero-order valence-electron chi connectivity index (χ0n) is 10.7. The summed E-state index contributed by atoms with van der Waals surface area (Å²) in [5, 5.41) is 7.91. The van der Waals surface area contributed by atoms with Crippen LogP contribution in [0.4, 0.5) is 0 Å². The first-order valence-electron chi connectivity index (χ1n) is 6.47. The fourth-order valence-electron chi connectivity index (χ4n) is 2.37. The van der Waals surface area contributed by atoms with Crippen LogP contribution >= 0.6 is 34.5 Å². The number of thiazole rings is 1. The molecule has 0 spiro atoms. The van der Waals surface area contributed by atoms with E-state index in [1.54, 1.807) is 17.4 Å². The van der Waals surface area contributed by atoms with Gasteiger partial charge in [-0.15, -0.1) is 11.3 Å². The molecule has 0 saturated heterocycles. The molecule has 3 rings (SSSR count). The minimum absolute atomic E-state index is 0.231. The van der Waals surface area contributed by atoms with Crippen LogP contribution in [0.15, 0.2) is 23.7 Å². The van der Waals surface area contributed by atoms with Gasteiger partial charge in [-0.3, -0.25) is 0 Å². The Bertz CT molecular complexity index is 589. The second kappa shape index (κ2) is 6.31. The molecule has 0 radical (unpaired) electrons. The quantitative estimate of drug-likeness (QED) is 0.917. The van der Waals surface area contributed by atoms with Crippen molar-refractivity contribution in [2.24, 2.45) is 0 Å². The first kappa shape index (κ1) is 14.1. The minimum Gasteiger partial charge on any atom is -0.492 e. The third-order valence-corrected chi connectivity index (χ3v) is 4.62. The lowest BCUT2D eigenvalue weighted by Crippen LogP contribution is -2.28. The number of halogens is 2. The Hall–Kier alpha value is -0.810. The lowest BCUT2D eigenvalue weighted by molar-refractivity contribution is 0.253. The maximum Gasteiger partial charge on any atom is 0.142 e. The normalized spacial score (nSPS) is 17.6. The zero-order chi connectivity index (χ0) is 13.9. The zero-order valence-corrected chi connectivity index (χ0v) is 13.1. The van der Waals surface area contributed by atoms with E-state index in [9.17, 15) is 0 Å². The van der Waals surface area contributed by atoms with E-state index in [0.717, 1.165) is 35.7 Å². The van der Waals surface area contributed by atoms with Gasteiger partial charge < -0.3 is 10.1 Å². The van der Waals surface area contributed by atoms with Crippen LogP contribution < -0.4 is 10.1 Å². The molecule has 0 amide bonds. The molecule has 1 N–H and O–H groups in total. The van der Waals surface area contributed by atoms with Crippen molar-refractivity contribution >= 4 is 34.5 Å². The van der Waals surface area contributed by atoms with Crippen LogP contribution in [0.3, 0.4) is 0 Å². The van der Waals surface area contributed by atoms with Gasteiger partial charge in [-0.25, -0.2) is 4.98 Å². The molecule has 6 heteroatoms. The van der Waals surface area contributed by atoms with Crippen LogP contribution in [0, 0.1) is 0 Å². The number of fused-ring (bicyclic) bond motifs is 1. The third-order valence-electron chi connectivity index (χ3n) is 3.28. The van der Waals surface area contributed by atoms with E-state index >= 15 is 0 Å². The maximum absolute atomic E-state index is 6.18. The Morgan fingerprint density at radius 1 is 1.40 bits per heavy atom. The molecule has 3 nitrogen and oxygen atoms in total. The number of nitrogens with one attached hydrogen (secondary N) is 1. The Morgan fingerprint density at radius 2 is 2.30 bits per heavy atom. The first-order valence-corrected chi connectivity index (χ1v) is 8.11. The summed E-state index contributed by atoms with van der Waals surface area (Å²) in [5.74, 6) is 0.758. The molecule has 106 valence electrons. The van der Waals surface area contributed by atoms with Gasteiger partial charge in [-0.05, 0) is 12.1 Å². The average Bonchev–Trinajstić information content (AvgIpc) is 2.92. The van der Waals surface area contributed by atoms with Gasteiger partial charge in [0.1, 0.15) is 5.75 Å². The van der Waals surface area contributed by atoms with E-state index in [-0.39, 0.29) is 6.04 Å². The Balaban J connectivity index is 1.70. The smallest absolute Gasteiger partial charge is 0.142 e. The summed E-state index contributed by atoms with van der Waals surface area (Å²) >= 11 is 14.0. The van der Waals surface area contributed by atoms with Crippen molar-refractivity contribution in [2.45, 2.75) is 18.9 Å². The van der Waals surface area contributed by atoms with Crippen molar-refractivity contribution in [3.8, 4) is 5.75 Å². The van der Waals surface area contributed by atoms with Gasteiger partial charge in [0.05, 0.1) is 16.6 Å². The summed E-state index contributed by atoms with van der Waals surface area (Å²) in [5.41, 5.74) is 1.05. The number of nitrogens with zero attached hydrogens (tertiary/aromatic N) is 1. The van der Waals surface area contributed by atoms with Crippen molar-refractivity contribution in [2.75, 3.05) is 13.2 Å². The molecule has 1 aliphatic rings. The standard InChI is InChI=1S/C14H14Cl2N2OS/c15-9-7-10-12(2-5-19-14(10)11(16)8-9)17-3-1-13-18-4-6-20-13/h4,6-8,12,17H,1-3,5H2. The Morgan fingerprint density at radius 3 is 3.10 bits per heavy atom. The van der Waals surface area contributed by atoms with E-state index < -0.39 is 0 Å². The molecular formula is C14H14Cl2N2OS. The number of hydrogen-bond acceptors (Lipinski definition) is 4. The number of benzene rings is 1. The largest absolute Gasteiger partial charge is 0.492 e. The molecule has 0 fully saturated rings. The van der Waals surface area contributed by atoms with E-state index in [0.29, 0.717) is 16.7 Å². The van der Waals surface area contributed by atoms with Gasteiger partial charge in [0, 0.05) is 47.6 Å². The number of aromatic nitrogens is 1. The second-order valence-electron chi connectivity index (χ2n) is 4.63. The summed E-state index contributed by atoms with van der Waals surface area (Å²) in [6.07, 6.45) is 3.68. The monoisotopic (exact) mass is 328 g/mol. The third kappa shape index (κ3) is 3.09. The molecule has 1 aliphatic heterocycles.